The molecular weight excluding hydrogens is 783 g/mol. The van der Waals surface area contributed by atoms with Crippen LogP contribution >= 0.6 is 27.0 Å². The first-order valence-corrected chi connectivity index (χ1v) is 20.6. The lowest BCUT2D eigenvalue weighted by Crippen LogP contribution is -2.60. The van der Waals surface area contributed by atoms with Crippen LogP contribution in [0.3, 0.4) is 0 Å². The predicted molar refractivity (Wildman–Crippen MR) is 233 cm³/mol. The molecule has 326 valence electrons. The second-order valence-electron chi connectivity index (χ2n) is 17.8. The van der Waals surface area contributed by atoms with E-state index in [0.29, 0.717) is 39.3 Å². The van der Waals surface area contributed by atoms with Gasteiger partial charge in [-0.25, -0.2) is 18.4 Å². The van der Waals surface area contributed by atoms with Gasteiger partial charge in [-0.1, -0.05) is 36.4 Å². The van der Waals surface area contributed by atoms with E-state index in [1.807, 2.05) is 89.0 Å². The summed E-state index contributed by atoms with van der Waals surface area (Å²) in [4.78, 5) is 51.2. The minimum Gasteiger partial charge on any atom is -0.444 e. The third-order valence-corrected chi connectivity index (χ3v) is 10.8. The van der Waals surface area contributed by atoms with Crippen LogP contribution in [-0.4, -0.2) is 107 Å². The van der Waals surface area contributed by atoms with Crippen LogP contribution in [0, 0.1) is 5.92 Å². The number of aryl methyl sites for hydroxylation is 1. The smallest absolute Gasteiger partial charge is 0.410 e. The van der Waals surface area contributed by atoms with Gasteiger partial charge in [0.2, 0.25) is 11.8 Å². The monoisotopic (exact) mass is 850 g/mol. The quantitative estimate of drug-likeness (QED) is 0.196. The molecule has 1 saturated carbocycles. The highest BCUT2D eigenvalue weighted by molar-refractivity contribution is 7.59. The number of carbonyl (C=O) groups is 3. The van der Waals surface area contributed by atoms with E-state index in [4.69, 9.17) is 14.5 Å². The Kier molecular flexibility index (Phi) is 18.6. The van der Waals surface area contributed by atoms with Gasteiger partial charge in [0.25, 0.3) is 0 Å². The number of rotatable bonds is 13. The Morgan fingerprint density at radius 1 is 0.931 bits per heavy atom. The molecule has 2 heterocycles. The molecule has 1 aliphatic heterocycles. The number of piperazine rings is 1. The van der Waals surface area contributed by atoms with E-state index in [1.54, 1.807) is 0 Å². The van der Waals surface area contributed by atoms with Gasteiger partial charge < -0.3 is 25.0 Å². The zero-order valence-corrected chi connectivity index (χ0v) is 37.3. The molecule has 0 spiro atoms. The van der Waals surface area contributed by atoms with Gasteiger partial charge in [-0.15, -0.1) is 0 Å². The number of nitrogens with zero attached hydrogens (tertiary/aromatic N) is 4. The number of carbonyl (C=O) groups excluding carboxylic acids is 3. The van der Waals surface area contributed by atoms with Crippen molar-refractivity contribution < 1.29 is 32.6 Å². The van der Waals surface area contributed by atoms with Crippen molar-refractivity contribution in [3.8, 4) is 0 Å². The minimum absolute atomic E-state index is 0. The zero-order chi connectivity index (χ0) is 40.5. The Hall–Kier alpha value is -3.14. The van der Waals surface area contributed by atoms with Crippen molar-refractivity contribution >= 4 is 45.1 Å². The summed E-state index contributed by atoms with van der Waals surface area (Å²) < 4.78 is 39.3. The Balaban J connectivity index is 0.00000450. The zero-order valence-electron chi connectivity index (χ0n) is 35.3. The van der Waals surface area contributed by atoms with Gasteiger partial charge in [-0.3, -0.25) is 19.6 Å². The summed E-state index contributed by atoms with van der Waals surface area (Å²) >= 11 is 0. The van der Waals surface area contributed by atoms with Crippen molar-refractivity contribution in [3.05, 3.63) is 65.5 Å². The number of alkyl carbamates (subject to hydrolysis) is 1. The second-order valence-corrected chi connectivity index (χ2v) is 17.8. The van der Waals surface area contributed by atoms with Crippen LogP contribution in [0.2, 0.25) is 0 Å². The molecule has 0 unspecified atom stereocenters. The number of aromatic nitrogens is 1. The average Bonchev–Trinajstić information content (AvgIpc) is 3.12. The number of pyridine rings is 1. The van der Waals surface area contributed by atoms with Crippen LogP contribution in [-0.2, 0) is 20.7 Å². The highest BCUT2D eigenvalue weighted by Crippen LogP contribution is 2.37. The van der Waals surface area contributed by atoms with Crippen molar-refractivity contribution in [1.82, 2.24) is 30.3 Å². The summed E-state index contributed by atoms with van der Waals surface area (Å²) in [7, 11) is 0. The highest BCUT2D eigenvalue weighted by Gasteiger charge is 2.40. The topological polar surface area (TPSA) is 116 Å². The molecule has 11 nitrogen and oxygen atoms in total. The SMILES string of the molecule is CC(C)(C)OC(=O)NCCCCN(C[C@@H]1CN(C[C@@H](NC(=O)C2CCC(F)(F)CC2)c2ccccc2)CCN1C(=O)OC(C)(C)C)[C@H]1CCCc2cccnc21.S.S. The van der Waals surface area contributed by atoms with Crippen molar-refractivity contribution in [2.24, 2.45) is 5.92 Å². The van der Waals surface area contributed by atoms with E-state index >= 15 is 0 Å². The van der Waals surface area contributed by atoms with Crippen LogP contribution in [0.15, 0.2) is 48.7 Å². The first-order valence-electron chi connectivity index (χ1n) is 20.6. The van der Waals surface area contributed by atoms with Gasteiger partial charge in [-0.05, 0) is 110 Å². The van der Waals surface area contributed by atoms with Crippen molar-refractivity contribution in [1.29, 1.82) is 0 Å². The van der Waals surface area contributed by atoms with Gasteiger partial charge in [0.05, 0.1) is 23.8 Å². The molecular formula is C43H68F2N6O5S2. The number of amides is 3. The summed E-state index contributed by atoms with van der Waals surface area (Å²) in [5, 5.41) is 6.11. The summed E-state index contributed by atoms with van der Waals surface area (Å²) in [5.41, 5.74) is 2.03. The van der Waals surface area contributed by atoms with E-state index in [9.17, 15) is 23.2 Å². The summed E-state index contributed by atoms with van der Waals surface area (Å²) in [6, 6.07) is 13.4. The largest absolute Gasteiger partial charge is 0.444 e. The van der Waals surface area contributed by atoms with Crippen LogP contribution in [0.25, 0.3) is 0 Å². The number of nitrogens with one attached hydrogen (secondary N) is 2. The number of fused-ring (bicyclic) bond motifs is 1. The molecule has 2 N–H and O–H groups in total. The lowest BCUT2D eigenvalue weighted by molar-refractivity contribution is -0.130. The molecule has 3 aliphatic rings. The summed E-state index contributed by atoms with van der Waals surface area (Å²) in [6.07, 6.45) is 5.38. The van der Waals surface area contributed by atoms with Crippen molar-refractivity contribution in [2.45, 2.75) is 135 Å². The number of halogens is 2. The van der Waals surface area contributed by atoms with E-state index in [0.717, 1.165) is 49.9 Å². The lowest BCUT2D eigenvalue weighted by atomic mass is 9.86. The Bertz CT molecular complexity index is 1600. The number of hydrogen-bond acceptors (Lipinski definition) is 8. The molecule has 2 aromatic rings. The number of alkyl halides is 2. The van der Waals surface area contributed by atoms with Gasteiger partial charge >= 0.3 is 12.2 Å². The molecule has 2 fully saturated rings. The maximum atomic E-state index is 14.0. The van der Waals surface area contributed by atoms with Gasteiger partial charge in [-0.2, -0.15) is 27.0 Å². The minimum atomic E-state index is -2.71. The molecule has 1 aromatic carbocycles. The summed E-state index contributed by atoms with van der Waals surface area (Å²) in [5.74, 6) is -3.34. The third kappa shape index (κ3) is 15.2. The molecule has 3 atom stereocenters. The molecule has 1 saturated heterocycles. The second kappa shape index (κ2) is 21.9. The van der Waals surface area contributed by atoms with E-state index in [2.05, 4.69) is 26.5 Å². The van der Waals surface area contributed by atoms with Crippen molar-refractivity contribution in [2.75, 3.05) is 45.8 Å². The van der Waals surface area contributed by atoms with Gasteiger partial charge in [0, 0.05) is 64.2 Å². The molecule has 0 radical (unpaired) electrons. The number of ether oxygens (including phenoxy) is 2. The first kappa shape index (κ1) is 49.2. The molecule has 2 aliphatic carbocycles. The Morgan fingerprint density at radius 3 is 2.29 bits per heavy atom. The van der Waals surface area contributed by atoms with Gasteiger partial charge in [0.15, 0.2) is 0 Å². The lowest BCUT2D eigenvalue weighted by Gasteiger charge is -2.46. The van der Waals surface area contributed by atoms with Crippen LogP contribution in [0.1, 0.15) is 122 Å². The first-order chi connectivity index (χ1) is 26.5. The fourth-order valence-corrected chi connectivity index (χ4v) is 8.10. The van der Waals surface area contributed by atoms with E-state index < -0.39 is 29.1 Å². The molecule has 3 amide bonds. The highest BCUT2D eigenvalue weighted by atomic mass is 32.1. The van der Waals surface area contributed by atoms with Crippen LogP contribution in [0.5, 0.6) is 0 Å². The normalized spacial score (nSPS) is 20.5. The molecule has 15 heteroatoms. The standard InChI is InChI=1S/C43H64F2N6O5.2H2S/c1-41(2,3)55-39(53)47-23-10-11-25-50(36-18-12-16-32-17-13-24-46-37(32)36)29-34-28-49(26-27-51(34)40(54)56-42(4,5)6)30-35(31-14-8-7-9-15-31)48-38(52)33-19-21-43(44,45)22-20-33;;/h7-9,13-15,17,24,33-36H,10-12,16,18-23,25-30H2,1-6H3,(H,47,53)(H,48,52);2*1H2/t34-,35+,36-;;/m0../s1. The molecule has 0 bridgehead atoms. The fourth-order valence-electron chi connectivity index (χ4n) is 8.10. The Morgan fingerprint density at radius 2 is 1.62 bits per heavy atom. The van der Waals surface area contributed by atoms with Crippen LogP contribution in [0.4, 0.5) is 18.4 Å². The van der Waals surface area contributed by atoms with Gasteiger partial charge in [0.1, 0.15) is 11.2 Å². The fraction of sp³-hybridized carbons (Fsp3) is 0.674. The Labute approximate surface area is 358 Å². The molecule has 5 rings (SSSR count). The average molecular weight is 851 g/mol. The van der Waals surface area contributed by atoms with E-state index in [-0.39, 0.29) is 82.8 Å². The number of unbranched alkanes of at least 4 members (excludes halogenated alkanes) is 1. The number of benzene rings is 1. The third-order valence-electron chi connectivity index (χ3n) is 10.8. The molecule has 1 aromatic heterocycles. The maximum Gasteiger partial charge on any atom is 0.410 e. The molecule has 58 heavy (non-hydrogen) atoms. The van der Waals surface area contributed by atoms with E-state index in [1.165, 1.54) is 5.56 Å². The maximum absolute atomic E-state index is 14.0. The van der Waals surface area contributed by atoms with Crippen molar-refractivity contribution in [3.63, 3.8) is 0 Å². The predicted octanol–water partition coefficient (Wildman–Crippen LogP) is 7.90. The van der Waals surface area contributed by atoms with Crippen LogP contribution < -0.4 is 10.6 Å². The number of hydrogen-bond donors (Lipinski definition) is 2. The summed E-state index contributed by atoms with van der Waals surface area (Å²) in [6.45, 7) is 15.0.